The highest BCUT2D eigenvalue weighted by molar-refractivity contribution is 5.82. The van der Waals surface area contributed by atoms with Crippen molar-refractivity contribution in [3.8, 4) is 11.5 Å². The van der Waals surface area contributed by atoms with Gasteiger partial charge in [0.05, 0.1) is 0 Å². The number of hydrogen-bond donors (Lipinski definition) is 0. The molecule has 2 aliphatic heterocycles. The second-order valence-corrected chi connectivity index (χ2v) is 6.40. The Kier molecular flexibility index (Phi) is 3.45. The van der Waals surface area contributed by atoms with Gasteiger partial charge in [-0.15, -0.1) is 0 Å². The van der Waals surface area contributed by atoms with Crippen LogP contribution < -0.4 is 9.47 Å². The van der Waals surface area contributed by atoms with Crippen LogP contribution in [0.1, 0.15) is 19.8 Å². The third kappa shape index (κ3) is 2.54. The topological polar surface area (TPSA) is 42.0 Å². The number of carbonyl (C=O) groups is 1. The molecule has 2 fully saturated rings. The Labute approximate surface area is 130 Å². The molecule has 5 heteroatoms. The second kappa shape index (κ2) is 5.47. The van der Waals surface area contributed by atoms with Crippen LogP contribution in [0.3, 0.4) is 0 Å². The molecule has 0 N–H and O–H groups in total. The van der Waals surface area contributed by atoms with E-state index < -0.39 is 6.10 Å². The lowest BCUT2D eigenvalue weighted by atomic mass is 10.1. The minimum atomic E-state index is -0.539. The summed E-state index contributed by atoms with van der Waals surface area (Å²) < 4.78 is 11.8. The summed E-state index contributed by atoms with van der Waals surface area (Å²) in [7, 11) is 0. The molecule has 5 nitrogen and oxygen atoms in total. The zero-order chi connectivity index (χ0) is 15.1. The first-order chi connectivity index (χ1) is 10.7. The van der Waals surface area contributed by atoms with Crippen LogP contribution in [-0.4, -0.2) is 60.1 Å². The highest BCUT2D eigenvalue weighted by Crippen LogP contribution is 2.34. The van der Waals surface area contributed by atoms with Crippen LogP contribution >= 0.6 is 0 Å². The predicted octanol–water partition coefficient (Wildman–Crippen LogP) is 1.52. The summed E-state index contributed by atoms with van der Waals surface area (Å²) in [4.78, 5) is 17.2. The zero-order valence-electron chi connectivity index (χ0n) is 12.9. The summed E-state index contributed by atoms with van der Waals surface area (Å²) in [5.41, 5.74) is 0. The van der Waals surface area contributed by atoms with Crippen LogP contribution in [0.4, 0.5) is 0 Å². The van der Waals surface area contributed by atoms with Crippen LogP contribution in [0.2, 0.25) is 0 Å². The van der Waals surface area contributed by atoms with Crippen molar-refractivity contribution in [3.63, 3.8) is 0 Å². The van der Waals surface area contributed by atoms with E-state index in [0.717, 1.165) is 38.0 Å². The van der Waals surface area contributed by atoms with Crippen LogP contribution in [0.15, 0.2) is 24.3 Å². The lowest BCUT2D eigenvalue weighted by molar-refractivity contribution is -0.146. The number of nitrogens with zero attached hydrogens (tertiary/aromatic N) is 2. The maximum atomic E-state index is 12.8. The predicted molar refractivity (Wildman–Crippen MR) is 82.1 cm³/mol. The van der Waals surface area contributed by atoms with E-state index in [1.807, 2.05) is 36.1 Å². The summed E-state index contributed by atoms with van der Waals surface area (Å²) >= 11 is 0. The Morgan fingerprint density at radius 2 is 1.68 bits per heavy atom. The second-order valence-electron chi connectivity index (χ2n) is 6.40. The number of amides is 1. The number of piperazine rings is 1. The molecule has 1 saturated heterocycles. The van der Waals surface area contributed by atoms with Crippen molar-refractivity contribution < 1.29 is 14.3 Å². The molecule has 1 aliphatic carbocycles. The molecule has 22 heavy (non-hydrogen) atoms. The molecule has 3 aliphatic rings. The van der Waals surface area contributed by atoms with E-state index in [1.165, 1.54) is 12.8 Å². The van der Waals surface area contributed by atoms with Crippen molar-refractivity contribution >= 4 is 5.91 Å². The van der Waals surface area contributed by atoms with E-state index in [0.29, 0.717) is 5.75 Å². The lowest BCUT2D eigenvalue weighted by Crippen LogP contribution is -2.56. The van der Waals surface area contributed by atoms with Crippen molar-refractivity contribution in [3.05, 3.63) is 24.3 Å². The maximum Gasteiger partial charge on any atom is 0.267 e. The first kappa shape index (κ1) is 13.9. The van der Waals surface area contributed by atoms with Crippen LogP contribution in [0.5, 0.6) is 11.5 Å². The number of carbonyl (C=O) groups excluding carboxylic acids is 1. The summed E-state index contributed by atoms with van der Waals surface area (Å²) in [5.74, 6) is 1.44. The van der Waals surface area contributed by atoms with Crippen molar-refractivity contribution in [2.45, 2.75) is 38.0 Å². The molecule has 2 heterocycles. The third-order valence-electron chi connectivity index (χ3n) is 4.77. The van der Waals surface area contributed by atoms with E-state index in [4.69, 9.17) is 9.47 Å². The molecule has 0 aromatic heterocycles. The molecule has 1 aromatic rings. The summed E-state index contributed by atoms with van der Waals surface area (Å²) in [6.07, 6.45) is 1.84. The fraction of sp³-hybridized carbons (Fsp3) is 0.588. The van der Waals surface area contributed by atoms with Crippen molar-refractivity contribution in [2.75, 3.05) is 26.2 Å². The minimum Gasteiger partial charge on any atom is -0.482 e. The zero-order valence-corrected chi connectivity index (χ0v) is 12.9. The standard InChI is InChI=1S/C17H22N2O3/c1-12-16(22-15-5-3-2-4-14(15)21-12)17(20)19-10-8-18(9-11-19)13-6-7-13/h2-5,12-13,16H,6-11H2,1H3/t12-,16+/m0/s1. The third-order valence-corrected chi connectivity index (χ3v) is 4.77. The smallest absolute Gasteiger partial charge is 0.267 e. The molecule has 1 amide bonds. The monoisotopic (exact) mass is 302 g/mol. The maximum absolute atomic E-state index is 12.8. The van der Waals surface area contributed by atoms with E-state index in [9.17, 15) is 4.79 Å². The highest BCUT2D eigenvalue weighted by atomic mass is 16.6. The van der Waals surface area contributed by atoms with E-state index >= 15 is 0 Å². The number of benzene rings is 1. The van der Waals surface area contributed by atoms with Gasteiger partial charge in [0.1, 0.15) is 6.10 Å². The Morgan fingerprint density at radius 3 is 2.32 bits per heavy atom. The number of para-hydroxylation sites is 2. The van der Waals surface area contributed by atoms with Gasteiger partial charge in [-0.3, -0.25) is 9.69 Å². The molecule has 0 spiro atoms. The summed E-state index contributed by atoms with van der Waals surface area (Å²) in [6.45, 7) is 5.45. The minimum absolute atomic E-state index is 0.0532. The molecule has 1 aromatic carbocycles. The molecule has 118 valence electrons. The molecular weight excluding hydrogens is 280 g/mol. The van der Waals surface area contributed by atoms with Gasteiger partial charge in [-0.1, -0.05) is 12.1 Å². The first-order valence-electron chi connectivity index (χ1n) is 8.17. The van der Waals surface area contributed by atoms with Crippen molar-refractivity contribution in [2.24, 2.45) is 0 Å². The summed E-state index contributed by atoms with van der Waals surface area (Å²) in [5, 5.41) is 0. The number of ether oxygens (including phenoxy) is 2. The van der Waals surface area contributed by atoms with Gasteiger partial charge in [0.15, 0.2) is 11.5 Å². The van der Waals surface area contributed by atoms with Gasteiger partial charge in [0.25, 0.3) is 5.91 Å². The quantitative estimate of drug-likeness (QED) is 0.831. The Bertz CT molecular complexity index is 565. The molecule has 0 bridgehead atoms. The van der Waals surface area contributed by atoms with Gasteiger partial charge >= 0.3 is 0 Å². The molecule has 2 atom stereocenters. The lowest BCUT2D eigenvalue weighted by Gasteiger charge is -2.38. The molecule has 1 saturated carbocycles. The average Bonchev–Trinajstić information content (AvgIpc) is 3.39. The SMILES string of the molecule is C[C@@H]1Oc2ccccc2O[C@H]1C(=O)N1CCN(C2CC2)CC1. The average molecular weight is 302 g/mol. The highest BCUT2D eigenvalue weighted by Gasteiger charge is 2.39. The molecule has 0 radical (unpaired) electrons. The fourth-order valence-corrected chi connectivity index (χ4v) is 3.32. The Morgan fingerprint density at radius 1 is 1.05 bits per heavy atom. The Balaban J connectivity index is 1.42. The van der Waals surface area contributed by atoms with Crippen LogP contribution in [0, 0.1) is 0 Å². The Hall–Kier alpha value is -1.75. The van der Waals surface area contributed by atoms with Gasteiger partial charge in [-0.2, -0.15) is 0 Å². The largest absolute Gasteiger partial charge is 0.482 e. The van der Waals surface area contributed by atoms with Gasteiger partial charge in [-0.05, 0) is 31.9 Å². The number of hydrogen-bond acceptors (Lipinski definition) is 4. The fourth-order valence-electron chi connectivity index (χ4n) is 3.32. The van der Waals surface area contributed by atoms with Crippen LogP contribution in [0.25, 0.3) is 0 Å². The van der Waals surface area contributed by atoms with Crippen molar-refractivity contribution in [1.29, 1.82) is 0 Å². The first-order valence-corrected chi connectivity index (χ1v) is 8.17. The molecular formula is C17H22N2O3. The van der Waals surface area contributed by atoms with Gasteiger partial charge < -0.3 is 14.4 Å². The van der Waals surface area contributed by atoms with E-state index in [-0.39, 0.29) is 12.0 Å². The normalized spacial score (nSPS) is 28.5. The van der Waals surface area contributed by atoms with Gasteiger partial charge in [0.2, 0.25) is 6.10 Å². The van der Waals surface area contributed by atoms with Gasteiger partial charge in [0, 0.05) is 32.2 Å². The van der Waals surface area contributed by atoms with E-state index in [2.05, 4.69) is 4.90 Å². The molecule has 4 rings (SSSR count). The van der Waals surface area contributed by atoms with Crippen molar-refractivity contribution in [1.82, 2.24) is 9.80 Å². The van der Waals surface area contributed by atoms with E-state index in [1.54, 1.807) is 0 Å². The number of rotatable bonds is 2. The molecule has 0 unspecified atom stereocenters. The summed E-state index contributed by atoms with van der Waals surface area (Å²) in [6, 6.07) is 8.31. The van der Waals surface area contributed by atoms with Gasteiger partial charge in [-0.25, -0.2) is 0 Å². The number of fused-ring (bicyclic) bond motifs is 1. The van der Waals surface area contributed by atoms with Crippen LogP contribution in [-0.2, 0) is 4.79 Å².